The van der Waals surface area contributed by atoms with Gasteiger partial charge in [0.25, 0.3) is 0 Å². The maximum atomic E-state index is 13.7. The number of phosphoric ester groups is 1. The molecule has 0 saturated heterocycles. The van der Waals surface area contributed by atoms with Crippen LogP contribution in [0.1, 0.15) is 342 Å². The Labute approximate surface area is 551 Å². The van der Waals surface area contributed by atoms with Gasteiger partial charge in [0.05, 0.1) is 33.8 Å². The average molecular weight is 1270 g/mol. The predicted molar refractivity (Wildman–Crippen MR) is 387 cm³/mol. The number of carbonyl (C=O) groups excluding carboxylic acids is 2. The van der Waals surface area contributed by atoms with Crippen molar-refractivity contribution >= 4 is 19.7 Å². The largest absolute Gasteiger partial charge is 0.472 e. The van der Waals surface area contributed by atoms with E-state index in [4.69, 9.17) is 13.8 Å². The van der Waals surface area contributed by atoms with E-state index >= 15 is 0 Å². The fourth-order valence-electron chi connectivity index (χ4n) is 10.8. The van der Waals surface area contributed by atoms with E-state index in [1.54, 1.807) is 0 Å². The molecular weight excluding hydrogens is 1120 g/mol. The van der Waals surface area contributed by atoms with Crippen molar-refractivity contribution in [1.82, 2.24) is 5.32 Å². The summed E-state index contributed by atoms with van der Waals surface area (Å²) in [6.07, 6.45) is 92.8. The van der Waals surface area contributed by atoms with E-state index in [9.17, 15) is 19.0 Å². The second-order valence-electron chi connectivity index (χ2n) is 26.4. The Morgan fingerprint density at radius 2 is 0.719 bits per heavy atom. The van der Waals surface area contributed by atoms with Gasteiger partial charge in [-0.2, -0.15) is 0 Å². The zero-order valence-corrected chi connectivity index (χ0v) is 60.1. The number of phosphoric acid groups is 1. The van der Waals surface area contributed by atoms with E-state index in [1.165, 1.54) is 212 Å². The van der Waals surface area contributed by atoms with Crippen LogP contribution in [-0.4, -0.2) is 74.3 Å². The Hall–Kier alpha value is -3.07. The number of esters is 1. The second kappa shape index (κ2) is 67.8. The number of amides is 1. The summed E-state index contributed by atoms with van der Waals surface area (Å²) in [6.45, 7) is 6.91. The maximum absolute atomic E-state index is 13.7. The molecule has 1 amide bonds. The van der Waals surface area contributed by atoms with Crippen LogP contribution in [0.15, 0.2) is 97.2 Å². The highest BCUT2D eigenvalue weighted by Crippen LogP contribution is 2.43. The third-order valence-electron chi connectivity index (χ3n) is 16.5. The smallest absolute Gasteiger partial charge is 0.456 e. The van der Waals surface area contributed by atoms with Gasteiger partial charge in [-0.15, -0.1) is 0 Å². The molecule has 516 valence electrons. The third-order valence-corrected chi connectivity index (χ3v) is 17.5. The molecule has 3 unspecified atom stereocenters. The van der Waals surface area contributed by atoms with Crippen LogP contribution >= 0.6 is 7.82 Å². The summed E-state index contributed by atoms with van der Waals surface area (Å²) >= 11 is 0. The minimum Gasteiger partial charge on any atom is -0.456 e. The number of rotatable bonds is 68. The van der Waals surface area contributed by atoms with Crippen molar-refractivity contribution in [2.45, 2.75) is 354 Å². The molecule has 0 aliphatic carbocycles. The first kappa shape index (κ1) is 85.9. The van der Waals surface area contributed by atoms with Crippen molar-refractivity contribution in [2.24, 2.45) is 0 Å². The molecule has 0 rings (SSSR count). The molecule has 89 heavy (non-hydrogen) atoms. The zero-order valence-electron chi connectivity index (χ0n) is 59.2. The van der Waals surface area contributed by atoms with Gasteiger partial charge >= 0.3 is 13.8 Å². The molecule has 0 aliphatic rings. The van der Waals surface area contributed by atoms with E-state index in [0.29, 0.717) is 17.4 Å². The van der Waals surface area contributed by atoms with Gasteiger partial charge in [-0.25, -0.2) is 4.57 Å². The minimum absolute atomic E-state index is 0.0370. The van der Waals surface area contributed by atoms with Gasteiger partial charge in [-0.1, -0.05) is 317 Å². The molecule has 0 fully saturated rings. The van der Waals surface area contributed by atoms with Gasteiger partial charge in [0.15, 0.2) is 0 Å². The first-order valence-electron chi connectivity index (χ1n) is 37.6. The lowest BCUT2D eigenvalue weighted by Crippen LogP contribution is -2.47. The highest BCUT2D eigenvalue weighted by atomic mass is 31.2. The van der Waals surface area contributed by atoms with E-state index in [2.05, 4.69) is 111 Å². The zero-order chi connectivity index (χ0) is 64.9. The number of carbonyl (C=O) groups is 2. The van der Waals surface area contributed by atoms with Gasteiger partial charge in [-0.05, 0) is 109 Å². The molecule has 2 N–H and O–H groups in total. The predicted octanol–water partition coefficient (Wildman–Crippen LogP) is 24.2. The highest BCUT2D eigenvalue weighted by molar-refractivity contribution is 7.47. The fraction of sp³-hybridized carbons (Fsp3) is 0.772. The van der Waals surface area contributed by atoms with Crippen LogP contribution in [0.2, 0.25) is 0 Å². The average Bonchev–Trinajstić information content (AvgIpc) is 3.65. The normalized spacial score (nSPS) is 14.0. The van der Waals surface area contributed by atoms with Crippen LogP contribution in [0, 0.1) is 0 Å². The maximum Gasteiger partial charge on any atom is 0.472 e. The molecule has 0 heterocycles. The Morgan fingerprint density at radius 1 is 0.404 bits per heavy atom. The molecule has 0 aromatic heterocycles. The number of unbranched alkanes of at least 4 members (excludes halogenated alkanes) is 38. The van der Waals surface area contributed by atoms with Crippen molar-refractivity contribution in [2.75, 3.05) is 40.9 Å². The Balaban J connectivity index is 5.04. The lowest BCUT2D eigenvalue weighted by atomic mass is 10.0. The molecule has 0 aromatic rings. The lowest BCUT2D eigenvalue weighted by Gasteiger charge is -2.27. The topological polar surface area (TPSA) is 111 Å². The number of quaternary nitrogens is 1. The first-order valence-corrected chi connectivity index (χ1v) is 39.1. The number of allylic oxidation sites excluding steroid dienone is 15. The fourth-order valence-corrected chi connectivity index (χ4v) is 11.5. The van der Waals surface area contributed by atoms with E-state index in [-0.39, 0.29) is 31.5 Å². The lowest BCUT2D eigenvalue weighted by molar-refractivity contribution is -0.870. The third kappa shape index (κ3) is 69.1. The quantitative estimate of drug-likeness (QED) is 0.0205. The van der Waals surface area contributed by atoms with Crippen molar-refractivity contribution in [3.05, 3.63) is 97.2 Å². The monoisotopic (exact) mass is 1260 g/mol. The number of likely N-dealkylation sites (N-methyl/N-ethyl adjacent to an activating group) is 1. The van der Waals surface area contributed by atoms with Crippen LogP contribution in [0.5, 0.6) is 0 Å². The van der Waals surface area contributed by atoms with Crippen LogP contribution in [-0.2, 0) is 27.9 Å². The van der Waals surface area contributed by atoms with Crippen LogP contribution in [0.3, 0.4) is 0 Å². The molecule has 3 atom stereocenters. The van der Waals surface area contributed by atoms with E-state index < -0.39 is 20.0 Å². The van der Waals surface area contributed by atoms with Gasteiger partial charge in [0.2, 0.25) is 5.91 Å². The number of hydrogen-bond acceptors (Lipinski definition) is 6. The molecule has 0 saturated carbocycles. The number of ether oxygens (including phenoxy) is 1. The van der Waals surface area contributed by atoms with Gasteiger partial charge < -0.3 is 19.4 Å². The molecule has 0 aromatic carbocycles. The highest BCUT2D eigenvalue weighted by Gasteiger charge is 2.30. The van der Waals surface area contributed by atoms with Crippen molar-refractivity contribution < 1.29 is 37.3 Å². The molecule has 10 heteroatoms. The number of nitrogens with zero attached hydrogens (tertiary/aromatic N) is 1. The summed E-state index contributed by atoms with van der Waals surface area (Å²) in [7, 11) is 1.49. The van der Waals surface area contributed by atoms with Crippen molar-refractivity contribution in [1.29, 1.82) is 0 Å². The summed E-state index contributed by atoms with van der Waals surface area (Å²) < 4.78 is 30.9. The second-order valence-corrected chi connectivity index (χ2v) is 27.9. The SMILES string of the molecule is CC/C=C\C/C=C\C/C=C\C/C=C\C/C=C\CCCCCCCCCCCCCC(=O)NC(COP(=O)(O)OCC[N+](C)(C)C)C(/C=C\CCCCCCCCCCCCC)OC(=O)CCCCCCCCCCCCCCC/C=C\C/C=C\CCCCC. The van der Waals surface area contributed by atoms with Crippen LogP contribution in [0.25, 0.3) is 0 Å². The summed E-state index contributed by atoms with van der Waals surface area (Å²) in [5, 5.41) is 3.08. The standard InChI is InChI=1S/C79H143N2O7P/c1-7-10-13-16-19-22-25-28-30-32-34-36-38-39-40-41-43-44-46-48-50-53-56-59-62-65-68-71-78(82)80-76(75-87-89(84,85)86-74-73-81(4,5)6)77(70-67-64-61-58-55-52-27-24-21-18-15-12-9-3)88-79(83)72-69-66-63-60-57-54-51-49-47-45-42-37-35-33-31-29-26-23-20-17-14-11-8-2/h10,13,19-20,22-23,28-31,34,36,39-40,67,70,76-77H,7-9,11-12,14-18,21,24-27,32-33,35,37-38,41-66,68-69,71-75H2,1-6H3,(H-,80,82,84,85)/p+1/b13-10-,22-19-,23-20-,30-28-,31-29-,36-34-,40-39-,70-67-. The number of nitrogens with one attached hydrogen (secondary N) is 1. The summed E-state index contributed by atoms with van der Waals surface area (Å²) in [5.74, 6) is -0.501. The van der Waals surface area contributed by atoms with Crippen molar-refractivity contribution in [3.8, 4) is 0 Å². The van der Waals surface area contributed by atoms with Crippen LogP contribution < -0.4 is 5.32 Å². The summed E-state index contributed by atoms with van der Waals surface area (Å²) in [5.41, 5.74) is 0. The summed E-state index contributed by atoms with van der Waals surface area (Å²) in [6, 6.07) is -0.856. The number of hydrogen-bond donors (Lipinski definition) is 2. The van der Waals surface area contributed by atoms with Crippen molar-refractivity contribution in [3.63, 3.8) is 0 Å². The Bertz CT molecular complexity index is 1840. The minimum atomic E-state index is -4.46. The van der Waals surface area contributed by atoms with E-state index in [1.807, 2.05) is 33.3 Å². The van der Waals surface area contributed by atoms with Gasteiger partial charge in [0.1, 0.15) is 19.3 Å². The molecule has 0 radical (unpaired) electrons. The Morgan fingerprint density at radius 3 is 1.10 bits per heavy atom. The molecule has 0 bridgehead atoms. The van der Waals surface area contributed by atoms with Gasteiger partial charge in [0, 0.05) is 12.8 Å². The first-order chi connectivity index (χ1) is 43.4. The molecule has 9 nitrogen and oxygen atoms in total. The van der Waals surface area contributed by atoms with Crippen LogP contribution in [0.4, 0.5) is 0 Å². The molecule has 0 spiro atoms. The van der Waals surface area contributed by atoms with E-state index in [0.717, 1.165) is 96.3 Å². The molecule has 0 aliphatic heterocycles. The molecular formula is C79H144N2O7P+. The van der Waals surface area contributed by atoms with Gasteiger partial charge in [-0.3, -0.25) is 18.6 Å². The Kier molecular flexibility index (Phi) is 65.5. The summed E-state index contributed by atoms with van der Waals surface area (Å²) in [4.78, 5) is 38.0.